The van der Waals surface area contributed by atoms with Gasteiger partial charge >= 0.3 is 0 Å². The molecule has 19 heavy (non-hydrogen) atoms. The van der Waals surface area contributed by atoms with E-state index in [0.717, 1.165) is 11.1 Å². The van der Waals surface area contributed by atoms with Gasteiger partial charge in [0, 0.05) is 11.1 Å². The normalized spacial score (nSPS) is 10.5. The Balaban J connectivity index is 2.60. The van der Waals surface area contributed by atoms with Gasteiger partial charge in [-0.15, -0.1) is 0 Å². The molecule has 2 aromatic carbocycles. The fraction of sp³-hybridized carbons (Fsp3) is 0.188. The van der Waals surface area contributed by atoms with Crippen molar-refractivity contribution in [2.24, 2.45) is 0 Å². The SMILES string of the molecule is Cc1cc(O)c(O)cc1C(=O)c1c(C)cccc1C. The summed E-state index contributed by atoms with van der Waals surface area (Å²) in [5, 5.41) is 19.0. The molecule has 0 radical (unpaired) electrons. The van der Waals surface area contributed by atoms with E-state index in [1.54, 1.807) is 6.92 Å². The molecule has 0 aliphatic rings. The van der Waals surface area contributed by atoms with Gasteiger partial charge in [0.2, 0.25) is 0 Å². The van der Waals surface area contributed by atoms with Gasteiger partial charge in [0.25, 0.3) is 0 Å². The van der Waals surface area contributed by atoms with Crippen molar-refractivity contribution in [2.45, 2.75) is 20.8 Å². The van der Waals surface area contributed by atoms with Gasteiger partial charge in [-0.1, -0.05) is 18.2 Å². The van der Waals surface area contributed by atoms with Crippen LogP contribution in [0, 0.1) is 20.8 Å². The number of phenolic OH excluding ortho intramolecular Hbond substituents is 2. The summed E-state index contributed by atoms with van der Waals surface area (Å²) >= 11 is 0. The van der Waals surface area contributed by atoms with Crippen LogP contribution in [0.5, 0.6) is 11.5 Å². The third-order valence-corrected chi connectivity index (χ3v) is 3.27. The molecule has 0 saturated heterocycles. The second-order valence-corrected chi connectivity index (χ2v) is 4.75. The Morgan fingerprint density at radius 1 is 0.895 bits per heavy atom. The Labute approximate surface area is 112 Å². The van der Waals surface area contributed by atoms with Gasteiger partial charge in [0.15, 0.2) is 17.3 Å². The molecule has 2 aromatic rings. The summed E-state index contributed by atoms with van der Waals surface area (Å²) in [7, 11) is 0. The average Bonchev–Trinajstić information content (AvgIpc) is 2.33. The van der Waals surface area contributed by atoms with E-state index < -0.39 is 0 Å². The molecule has 0 unspecified atom stereocenters. The number of ketones is 1. The molecular weight excluding hydrogens is 240 g/mol. The first-order valence-electron chi connectivity index (χ1n) is 6.05. The number of aryl methyl sites for hydroxylation is 3. The van der Waals surface area contributed by atoms with Crippen molar-refractivity contribution in [1.29, 1.82) is 0 Å². The molecule has 2 rings (SSSR count). The van der Waals surface area contributed by atoms with Crippen molar-refractivity contribution in [3.8, 4) is 11.5 Å². The molecule has 3 heteroatoms. The molecule has 0 fully saturated rings. The largest absolute Gasteiger partial charge is 0.504 e. The fourth-order valence-electron chi connectivity index (χ4n) is 2.23. The second kappa shape index (κ2) is 4.76. The maximum absolute atomic E-state index is 12.6. The minimum Gasteiger partial charge on any atom is -0.504 e. The summed E-state index contributed by atoms with van der Waals surface area (Å²) in [5.41, 5.74) is 3.50. The number of hydrogen-bond donors (Lipinski definition) is 2. The Morgan fingerprint density at radius 2 is 1.42 bits per heavy atom. The molecule has 0 aliphatic carbocycles. The summed E-state index contributed by atoms with van der Waals surface area (Å²) in [6.45, 7) is 5.51. The molecule has 0 saturated carbocycles. The van der Waals surface area contributed by atoms with Crippen LogP contribution in [0.25, 0.3) is 0 Å². The first-order valence-corrected chi connectivity index (χ1v) is 6.05. The highest BCUT2D eigenvalue weighted by Crippen LogP contribution is 2.30. The summed E-state index contributed by atoms with van der Waals surface area (Å²) in [6, 6.07) is 8.39. The van der Waals surface area contributed by atoms with Crippen LogP contribution in [0.4, 0.5) is 0 Å². The zero-order chi connectivity index (χ0) is 14.2. The van der Waals surface area contributed by atoms with E-state index in [0.29, 0.717) is 16.7 Å². The van der Waals surface area contributed by atoms with Gasteiger partial charge in [0.1, 0.15) is 0 Å². The lowest BCUT2D eigenvalue weighted by molar-refractivity contribution is 0.103. The summed E-state index contributed by atoms with van der Waals surface area (Å²) < 4.78 is 0. The number of carbonyl (C=O) groups is 1. The molecule has 0 aliphatic heterocycles. The van der Waals surface area contributed by atoms with Gasteiger partial charge in [-0.05, 0) is 49.6 Å². The molecule has 98 valence electrons. The zero-order valence-electron chi connectivity index (χ0n) is 11.2. The smallest absolute Gasteiger partial charge is 0.193 e. The van der Waals surface area contributed by atoms with Crippen molar-refractivity contribution in [3.63, 3.8) is 0 Å². The van der Waals surface area contributed by atoms with E-state index in [1.165, 1.54) is 12.1 Å². The minimum atomic E-state index is -0.278. The average molecular weight is 256 g/mol. The minimum absolute atomic E-state index is 0.136. The van der Waals surface area contributed by atoms with E-state index in [-0.39, 0.29) is 17.3 Å². The summed E-state index contributed by atoms with van der Waals surface area (Å²) in [4.78, 5) is 12.6. The predicted molar refractivity (Wildman–Crippen MR) is 73.9 cm³/mol. The first-order chi connectivity index (χ1) is 8.91. The van der Waals surface area contributed by atoms with Crippen LogP contribution in [-0.4, -0.2) is 16.0 Å². The Kier molecular flexibility index (Phi) is 3.30. The summed E-state index contributed by atoms with van der Waals surface area (Å²) in [6.07, 6.45) is 0. The highest BCUT2D eigenvalue weighted by atomic mass is 16.3. The molecule has 0 bridgehead atoms. The van der Waals surface area contributed by atoms with Crippen molar-refractivity contribution >= 4 is 5.78 Å². The van der Waals surface area contributed by atoms with Gasteiger partial charge in [-0.25, -0.2) is 0 Å². The number of aromatic hydroxyl groups is 2. The number of phenols is 2. The van der Waals surface area contributed by atoms with Crippen molar-refractivity contribution < 1.29 is 15.0 Å². The van der Waals surface area contributed by atoms with Crippen LogP contribution in [0.1, 0.15) is 32.6 Å². The molecule has 0 heterocycles. The van der Waals surface area contributed by atoms with E-state index in [9.17, 15) is 15.0 Å². The van der Waals surface area contributed by atoms with E-state index in [2.05, 4.69) is 0 Å². The van der Waals surface area contributed by atoms with Crippen LogP contribution >= 0.6 is 0 Å². The van der Waals surface area contributed by atoms with Crippen LogP contribution < -0.4 is 0 Å². The van der Waals surface area contributed by atoms with Gasteiger partial charge in [0.05, 0.1) is 0 Å². The number of rotatable bonds is 2. The third-order valence-electron chi connectivity index (χ3n) is 3.27. The lowest BCUT2D eigenvalue weighted by atomic mass is 9.92. The molecule has 0 aromatic heterocycles. The molecule has 0 spiro atoms. The standard InChI is InChI=1S/C16H16O3/c1-9-5-4-6-10(2)15(9)16(19)12-8-14(18)13(17)7-11(12)3/h4-8,17-18H,1-3H3. The van der Waals surface area contributed by atoms with E-state index in [1.807, 2.05) is 32.0 Å². The second-order valence-electron chi connectivity index (χ2n) is 4.75. The molecule has 0 amide bonds. The molecule has 3 nitrogen and oxygen atoms in total. The maximum Gasteiger partial charge on any atom is 0.193 e. The van der Waals surface area contributed by atoms with E-state index in [4.69, 9.17) is 0 Å². The van der Waals surface area contributed by atoms with Crippen LogP contribution in [0.15, 0.2) is 30.3 Å². The maximum atomic E-state index is 12.6. The molecule has 0 atom stereocenters. The van der Waals surface area contributed by atoms with Gasteiger partial charge in [-0.2, -0.15) is 0 Å². The Hall–Kier alpha value is -2.29. The fourth-order valence-corrected chi connectivity index (χ4v) is 2.23. The monoisotopic (exact) mass is 256 g/mol. The van der Waals surface area contributed by atoms with Crippen molar-refractivity contribution in [3.05, 3.63) is 58.1 Å². The van der Waals surface area contributed by atoms with Crippen LogP contribution in [0.3, 0.4) is 0 Å². The number of benzene rings is 2. The summed E-state index contributed by atoms with van der Waals surface area (Å²) in [5.74, 6) is -0.626. The Bertz CT molecular complexity index is 637. The predicted octanol–water partition coefficient (Wildman–Crippen LogP) is 3.25. The van der Waals surface area contributed by atoms with Crippen molar-refractivity contribution in [1.82, 2.24) is 0 Å². The number of carbonyl (C=O) groups excluding carboxylic acids is 1. The highest BCUT2D eigenvalue weighted by molar-refractivity contribution is 6.12. The van der Waals surface area contributed by atoms with Crippen molar-refractivity contribution in [2.75, 3.05) is 0 Å². The Morgan fingerprint density at radius 3 is 2.00 bits per heavy atom. The molecular formula is C16H16O3. The third kappa shape index (κ3) is 2.32. The van der Waals surface area contributed by atoms with Gasteiger partial charge < -0.3 is 10.2 Å². The number of hydrogen-bond acceptors (Lipinski definition) is 3. The topological polar surface area (TPSA) is 57.5 Å². The lowest BCUT2D eigenvalue weighted by Crippen LogP contribution is -2.08. The van der Waals surface area contributed by atoms with Crippen LogP contribution in [-0.2, 0) is 0 Å². The van der Waals surface area contributed by atoms with E-state index >= 15 is 0 Å². The highest BCUT2D eigenvalue weighted by Gasteiger charge is 2.18. The zero-order valence-corrected chi connectivity index (χ0v) is 11.2. The van der Waals surface area contributed by atoms with Crippen LogP contribution in [0.2, 0.25) is 0 Å². The molecule has 2 N–H and O–H groups in total. The lowest BCUT2D eigenvalue weighted by Gasteiger charge is -2.11. The first kappa shape index (κ1) is 13.1. The van der Waals surface area contributed by atoms with Gasteiger partial charge in [-0.3, -0.25) is 4.79 Å². The quantitative estimate of drug-likeness (QED) is 0.640.